The van der Waals surface area contributed by atoms with Crippen LogP contribution >= 0.6 is 0 Å². The van der Waals surface area contributed by atoms with Crippen LogP contribution in [0.2, 0.25) is 0 Å². The second-order valence-electron chi connectivity index (χ2n) is 4.17. The lowest BCUT2D eigenvalue weighted by atomic mass is 10.2. The summed E-state index contributed by atoms with van der Waals surface area (Å²) >= 11 is 0. The van der Waals surface area contributed by atoms with Crippen LogP contribution in [-0.4, -0.2) is 55.0 Å². The second-order valence-corrected chi connectivity index (χ2v) is 6.43. The Bertz CT molecular complexity index is 499. The highest BCUT2D eigenvalue weighted by molar-refractivity contribution is 7.90. The predicted octanol–water partition coefficient (Wildman–Crippen LogP) is 0.143. The van der Waals surface area contributed by atoms with Crippen molar-refractivity contribution in [3.05, 3.63) is 17.0 Å². The van der Waals surface area contributed by atoms with Crippen LogP contribution in [0.1, 0.15) is 21.7 Å². The number of rotatable bonds is 4. The minimum atomic E-state index is -3.06. The summed E-state index contributed by atoms with van der Waals surface area (Å²) in [6.45, 7) is 3.68. The number of carbonyl (C=O) groups is 1. The van der Waals surface area contributed by atoms with Crippen LogP contribution in [0.4, 0.5) is 0 Å². The first-order valence-electron chi connectivity index (χ1n) is 5.17. The molecule has 96 valence electrons. The van der Waals surface area contributed by atoms with E-state index >= 15 is 0 Å². The molecule has 0 unspecified atom stereocenters. The molecule has 17 heavy (non-hydrogen) atoms. The van der Waals surface area contributed by atoms with Gasteiger partial charge in [0.25, 0.3) is 5.91 Å². The average molecular weight is 259 g/mol. The van der Waals surface area contributed by atoms with Gasteiger partial charge in [-0.15, -0.1) is 0 Å². The van der Waals surface area contributed by atoms with Gasteiger partial charge >= 0.3 is 0 Å². The Labute approximate surface area is 101 Å². The van der Waals surface area contributed by atoms with E-state index in [1.807, 2.05) is 0 Å². The minimum Gasteiger partial charge on any atom is -0.341 e. The monoisotopic (exact) mass is 259 g/mol. The Morgan fingerprint density at radius 3 is 2.41 bits per heavy atom. The molecule has 0 radical (unpaired) electrons. The zero-order valence-electron chi connectivity index (χ0n) is 10.4. The Kier molecular flexibility index (Phi) is 3.92. The first kappa shape index (κ1) is 13.7. The van der Waals surface area contributed by atoms with Gasteiger partial charge in [-0.05, 0) is 13.8 Å². The first-order chi connectivity index (χ1) is 7.72. The summed E-state index contributed by atoms with van der Waals surface area (Å²) in [6, 6.07) is 0. The molecular formula is C10H17N3O3S. The van der Waals surface area contributed by atoms with Gasteiger partial charge in [0.2, 0.25) is 0 Å². The molecular weight excluding hydrogens is 242 g/mol. The molecule has 0 aliphatic carbocycles. The van der Waals surface area contributed by atoms with Crippen molar-refractivity contribution in [2.24, 2.45) is 0 Å². The molecule has 1 rings (SSSR count). The summed E-state index contributed by atoms with van der Waals surface area (Å²) in [6.07, 6.45) is 1.15. The van der Waals surface area contributed by atoms with Crippen LogP contribution in [0.25, 0.3) is 0 Å². The highest BCUT2D eigenvalue weighted by atomic mass is 32.2. The molecule has 7 heteroatoms. The van der Waals surface area contributed by atoms with Gasteiger partial charge in [0.15, 0.2) is 0 Å². The van der Waals surface area contributed by atoms with Crippen LogP contribution in [0.3, 0.4) is 0 Å². The third kappa shape index (κ3) is 3.55. The van der Waals surface area contributed by atoms with Crippen molar-refractivity contribution < 1.29 is 13.2 Å². The number of hydrogen-bond donors (Lipinski definition) is 1. The van der Waals surface area contributed by atoms with Crippen molar-refractivity contribution in [2.75, 3.05) is 25.6 Å². The fraction of sp³-hybridized carbons (Fsp3) is 0.600. The van der Waals surface area contributed by atoms with Crippen molar-refractivity contribution in [3.8, 4) is 0 Å². The normalized spacial score (nSPS) is 11.5. The lowest BCUT2D eigenvalue weighted by molar-refractivity contribution is 0.0802. The molecule has 0 fully saturated rings. The Morgan fingerprint density at radius 2 is 2.00 bits per heavy atom. The third-order valence-corrected chi connectivity index (χ3v) is 3.41. The van der Waals surface area contributed by atoms with Gasteiger partial charge in [-0.25, -0.2) is 8.42 Å². The van der Waals surface area contributed by atoms with Crippen molar-refractivity contribution in [3.63, 3.8) is 0 Å². The lowest BCUT2D eigenvalue weighted by Crippen LogP contribution is -2.32. The number of carbonyl (C=O) groups excluding carboxylic acids is 1. The zero-order valence-corrected chi connectivity index (χ0v) is 11.3. The number of hydrogen-bond acceptors (Lipinski definition) is 4. The summed E-state index contributed by atoms with van der Waals surface area (Å²) in [7, 11) is -1.48. The van der Waals surface area contributed by atoms with E-state index in [2.05, 4.69) is 10.2 Å². The quantitative estimate of drug-likeness (QED) is 0.834. The minimum absolute atomic E-state index is 0.0365. The smallest absolute Gasteiger partial charge is 0.257 e. The number of amides is 1. The van der Waals surface area contributed by atoms with Crippen LogP contribution in [-0.2, 0) is 9.84 Å². The lowest BCUT2D eigenvalue weighted by Gasteiger charge is -2.16. The van der Waals surface area contributed by atoms with Crippen molar-refractivity contribution in [2.45, 2.75) is 13.8 Å². The maximum atomic E-state index is 12.0. The van der Waals surface area contributed by atoms with Crippen LogP contribution in [0.5, 0.6) is 0 Å². The number of sulfone groups is 1. The summed E-state index contributed by atoms with van der Waals surface area (Å²) in [5.41, 5.74) is 1.83. The van der Waals surface area contributed by atoms with Crippen LogP contribution in [0, 0.1) is 13.8 Å². The van der Waals surface area contributed by atoms with Gasteiger partial charge < -0.3 is 4.90 Å². The Morgan fingerprint density at radius 1 is 1.41 bits per heavy atom. The summed E-state index contributed by atoms with van der Waals surface area (Å²) in [5, 5.41) is 6.67. The molecule has 6 nitrogen and oxygen atoms in total. The van der Waals surface area contributed by atoms with Gasteiger partial charge in [-0.3, -0.25) is 9.89 Å². The molecule has 0 aliphatic rings. The number of aromatic amines is 1. The fourth-order valence-electron chi connectivity index (χ4n) is 1.46. The predicted molar refractivity (Wildman–Crippen MR) is 64.7 cm³/mol. The molecule has 1 aromatic rings. The number of nitrogens with one attached hydrogen (secondary N) is 1. The maximum absolute atomic E-state index is 12.0. The van der Waals surface area contributed by atoms with E-state index in [1.54, 1.807) is 20.9 Å². The number of aryl methyl sites for hydroxylation is 2. The van der Waals surface area contributed by atoms with E-state index in [0.717, 1.165) is 6.26 Å². The topological polar surface area (TPSA) is 83.1 Å². The van der Waals surface area contributed by atoms with E-state index in [0.29, 0.717) is 17.0 Å². The Hall–Kier alpha value is -1.37. The molecule has 1 aromatic heterocycles. The third-order valence-electron chi connectivity index (χ3n) is 2.49. The number of H-pyrrole nitrogens is 1. The molecule has 1 heterocycles. The number of aromatic nitrogens is 2. The molecule has 0 aromatic carbocycles. The molecule has 0 bridgehead atoms. The van der Waals surface area contributed by atoms with E-state index in [9.17, 15) is 13.2 Å². The zero-order chi connectivity index (χ0) is 13.2. The summed E-state index contributed by atoms with van der Waals surface area (Å²) < 4.78 is 22.0. The summed E-state index contributed by atoms with van der Waals surface area (Å²) in [4.78, 5) is 13.4. The highest BCUT2D eigenvalue weighted by Gasteiger charge is 2.19. The molecule has 0 aliphatic heterocycles. The van der Waals surface area contributed by atoms with E-state index in [1.165, 1.54) is 4.90 Å². The van der Waals surface area contributed by atoms with Gasteiger partial charge in [0, 0.05) is 25.5 Å². The standard InChI is InChI=1S/C10H17N3O3S/c1-7-9(8(2)12-11-7)10(14)13(3)5-6-17(4,15)16/h5-6H2,1-4H3,(H,11,12). The SMILES string of the molecule is Cc1n[nH]c(C)c1C(=O)N(C)CCS(C)(=O)=O. The van der Waals surface area contributed by atoms with Gasteiger partial charge in [0.1, 0.15) is 9.84 Å². The van der Waals surface area contributed by atoms with Crippen molar-refractivity contribution in [1.29, 1.82) is 0 Å². The Balaban J connectivity index is 2.78. The molecule has 0 saturated carbocycles. The van der Waals surface area contributed by atoms with E-state index in [4.69, 9.17) is 0 Å². The van der Waals surface area contributed by atoms with E-state index in [-0.39, 0.29) is 18.2 Å². The molecule has 0 atom stereocenters. The van der Waals surface area contributed by atoms with Gasteiger partial charge in [-0.1, -0.05) is 0 Å². The molecule has 1 N–H and O–H groups in total. The van der Waals surface area contributed by atoms with Crippen LogP contribution in [0.15, 0.2) is 0 Å². The molecule has 0 saturated heterocycles. The second kappa shape index (κ2) is 4.87. The first-order valence-corrected chi connectivity index (χ1v) is 7.23. The van der Waals surface area contributed by atoms with Gasteiger partial charge in [-0.2, -0.15) is 5.10 Å². The molecule has 0 spiro atoms. The summed E-state index contributed by atoms with van der Waals surface area (Å²) in [5.74, 6) is -0.247. The van der Waals surface area contributed by atoms with Crippen LogP contribution < -0.4 is 0 Å². The van der Waals surface area contributed by atoms with E-state index < -0.39 is 9.84 Å². The average Bonchev–Trinajstić information content (AvgIpc) is 2.53. The van der Waals surface area contributed by atoms with Crippen molar-refractivity contribution in [1.82, 2.24) is 15.1 Å². The maximum Gasteiger partial charge on any atom is 0.257 e. The van der Waals surface area contributed by atoms with Crippen molar-refractivity contribution >= 4 is 15.7 Å². The number of nitrogens with zero attached hydrogens (tertiary/aromatic N) is 2. The largest absolute Gasteiger partial charge is 0.341 e. The molecule has 1 amide bonds. The highest BCUT2D eigenvalue weighted by Crippen LogP contribution is 2.11. The fourth-order valence-corrected chi connectivity index (χ4v) is 2.07. The van der Waals surface area contributed by atoms with Gasteiger partial charge in [0.05, 0.1) is 17.0 Å².